The van der Waals surface area contributed by atoms with Crippen LogP contribution in [0.2, 0.25) is 0 Å². The Morgan fingerprint density at radius 3 is 2.48 bits per heavy atom. The van der Waals surface area contributed by atoms with Gasteiger partial charge in [-0.3, -0.25) is 0 Å². The second kappa shape index (κ2) is 7.65. The van der Waals surface area contributed by atoms with Crippen molar-refractivity contribution in [3.63, 3.8) is 0 Å². The highest BCUT2D eigenvalue weighted by Gasteiger charge is 2.17. The molecule has 5 nitrogen and oxygen atoms in total. The summed E-state index contributed by atoms with van der Waals surface area (Å²) in [6, 6.07) is 13.3. The van der Waals surface area contributed by atoms with Crippen LogP contribution in [0.25, 0.3) is 0 Å². The number of aryl methyl sites for hydroxylation is 1. The molecule has 0 aliphatic carbocycles. The van der Waals surface area contributed by atoms with Crippen LogP contribution < -0.4 is 9.47 Å². The topological polar surface area (TPSA) is 76.0 Å². The molecule has 1 unspecified atom stereocenters. The number of carboxylic acid groups (broad SMARTS) is 1. The van der Waals surface area contributed by atoms with Crippen LogP contribution in [0.5, 0.6) is 11.5 Å². The van der Waals surface area contributed by atoms with Crippen LogP contribution >= 0.6 is 0 Å². The van der Waals surface area contributed by atoms with E-state index in [-0.39, 0.29) is 6.42 Å². The summed E-state index contributed by atoms with van der Waals surface area (Å²) >= 11 is 0. The van der Waals surface area contributed by atoms with Crippen molar-refractivity contribution in [3.05, 3.63) is 59.2 Å². The summed E-state index contributed by atoms with van der Waals surface area (Å²) in [5.74, 6) is -0.107. The van der Waals surface area contributed by atoms with Gasteiger partial charge in [-0.15, -0.1) is 0 Å². The van der Waals surface area contributed by atoms with E-state index in [1.165, 1.54) is 7.11 Å². The number of hydrogen-bond acceptors (Lipinski definition) is 4. The Morgan fingerprint density at radius 2 is 1.87 bits per heavy atom. The third kappa shape index (κ3) is 4.47. The van der Waals surface area contributed by atoms with E-state index < -0.39 is 12.1 Å². The van der Waals surface area contributed by atoms with Crippen molar-refractivity contribution in [1.29, 1.82) is 0 Å². The minimum atomic E-state index is -1.44. The summed E-state index contributed by atoms with van der Waals surface area (Å²) in [5, 5.41) is 18.3. The third-order valence-corrected chi connectivity index (χ3v) is 3.46. The number of carbonyl (C=O) groups is 1. The van der Waals surface area contributed by atoms with Gasteiger partial charge in [0.15, 0.2) is 17.6 Å². The molecule has 2 N–H and O–H groups in total. The summed E-state index contributed by atoms with van der Waals surface area (Å²) in [7, 11) is 1.53. The van der Waals surface area contributed by atoms with Crippen LogP contribution in [-0.4, -0.2) is 29.4 Å². The van der Waals surface area contributed by atoms with E-state index >= 15 is 0 Å². The van der Waals surface area contributed by atoms with Crippen LogP contribution in [0.15, 0.2) is 42.5 Å². The van der Waals surface area contributed by atoms with Crippen molar-refractivity contribution in [1.82, 2.24) is 0 Å². The smallest absolute Gasteiger partial charge is 0.332 e. The Bertz CT molecular complexity index is 667. The van der Waals surface area contributed by atoms with Gasteiger partial charge in [0, 0.05) is 6.42 Å². The highest BCUT2D eigenvalue weighted by Crippen LogP contribution is 2.33. The highest BCUT2D eigenvalue weighted by atomic mass is 16.5. The summed E-state index contributed by atoms with van der Waals surface area (Å²) in [6.07, 6.45) is -1.42. The average molecular weight is 316 g/mol. The molecule has 2 rings (SSSR count). The third-order valence-electron chi connectivity index (χ3n) is 3.46. The van der Waals surface area contributed by atoms with E-state index in [0.29, 0.717) is 23.7 Å². The SMILES string of the molecule is COc1cc(CC(O)C(=O)O)cc(C)c1OCc1ccccc1. The molecule has 0 amide bonds. The minimum Gasteiger partial charge on any atom is -0.493 e. The summed E-state index contributed by atoms with van der Waals surface area (Å²) in [5.41, 5.74) is 2.55. The molecule has 1 atom stereocenters. The van der Waals surface area contributed by atoms with Crippen LogP contribution in [0.1, 0.15) is 16.7 Å². The number of benzene rings is 2. The molecule has 0 heterocycles. The lowest BCUT2D eigenvalue weighted by Gasteiger charge is -2.16. The maximum Gasteiger partial charge on any atom is 0.332 e. The first-order valence-corrected chi connectivity index (χ1v) is 7.26. The highest BCUT2D eigenvalue weighted by molar-refractivity contribution is 5.72. The van der Waals surface area contributed by atoms with E-state index in [2.05, 4.69) is 0 Å². The van der Waals surface area contributed by atoms with Crippen LogP contribution in [0.3, 0.4) is 0 Å². The van der Waals surface area contributed by atoms with Gasteiger partial charge in [0.2, 0.25) is 0 Å². The fraction of sp³-hybridized carbons (Fsp3) is 0.278. The molecule has 0 radical (unpaired) electrons. The first-order valence-electron chi connectivity index (χ1n) is 7.26. The molecule has 5 heteroatoms. The van der Waals surface area contributed by atoms with Crippen LogP contribution in [-0.2, 0) is 17.8 Å². The van der Waals surface area contributed by atoms with Crippen molar-refractivity contribution in [3.8, 4) is 11.5 Å². The summed E-state index contributed by atoms with van der Waals surface area (Å²) in [4.78, 5) is 10.8. The normalized spacial score (nSPS) is 11.8. The first kappa shape index (κ1) is 16.8. The van der Waals surface area contributed by atoms with E-state index in [9.17, 15) is 9.90 Å². The number of methoxy groups -OCH3 is 1. The number of hydrogen-bond donors (Lipinski definition) is 2. The fourth-order valence-corrected chi connectivity index (χ4v) is 2.31. The number of ether oxygens (including phenoxy) is 2. The van der Waals surface area contributed by atoms with Crippen LogP contribution in [0.4, 0.5) is 0 Å². The van der Waals surface area contributed by atoms with Gasteiger partial charge in [-0.2, -0.15) is 0 Å². The van der Waals surface area contributed by atoms with Gasteiger partial charge in [-0.25, -0.2) is 4.79 Å². The predicted octanol–water partition coefficient (Wildman–Crippen LogP) is 2.57. The minimum absolute atomic E-state index is 0.0193. The molecule has 0 fully saturated rings. The quantitative estimate of drug-likeness (QED) is 0.821. The lowest BCUT2D eigenvalue weighted by atomic mass is 10.0. The van der Waals surface area contributed by atoms with Gasteiger partial charge in [0.05, 0.1) is 7.11 Å². The zero-order chi connectivity index (χ0) is 16.8. The molecular formula is C18H20O5. The molecule has 23 heavy (non-hydrogen) atoms. The Morgan fingerprint density at radius 1 is 1.17 bits per heavy atom. The molecule has 0 aliphatic heterocycles. The number of aliphatic carboxylic acids is 1. The van der Waals surface area contributed by atoms with Crippen molar-refractivity contribution >= 4 is 5.97 Å². The van der Waals surface area contributed by atoms with Gasteiger partial charge < -0.3 is 19.7 Å². The Hall–Kier alpha value is -2.53. The predicted molar refractivity (Wildman–Crippen MR) is 85.9 cm³/mol. The number of carboxylic acids is 1. The second-order valence-corrected chi connectivity index (χ2v) is 5.28. The van der Waals surface area contributed by atoms with Crippen molar-refractivity contribution < 1.29 is 24.5 Å². The summed E-state index contributed by atoms with van der Waals surface area (Å²) < 4.78 is 11.2. The number of rotatable bonds is 7. The zero-order valence-electron chi connectivity index (χ0n) is 13.2. The lowest BCUT2D eigenvalue weighted by Crippen LogP contribution is -2.22. The Kier molecular flexibility index (Phi) is 5.60. The molecule has 2 aromatic rings. The van der Waals surface area contributed by atoms with Crippen LogP contribution in [0, 0.1) is 6.92 Å². The van der Waals surface area contributed by atoms with Crippen molar-refractivity contribution in [2.45, 2.75) is 26.1 Å². The molecule has 0 saturated heterocycles. The molecule has 0 aliphatic rings. The molecule has 2 aromatic carbocycles. The van der Waals surface area contributed by atoms with E-state index in [1.807, 2.05) is 37.3 Å². The second-order valence-electron chi connectivity index (χ2n) is 5.28. The van der Waals surface area contributed by atoms with Gasteiger partial charge in [-0.1, -0.05) is 36.4 Å². The monoisotopic (exact) mass is 316 g/mol. The molecule has 0 spiro atoms. The Labute approximate surface area is 135 Å². The Balaban J connectivity index is 2.18. The van der Waals surface area contributed by atoms with Crippen molar-refractivity contribution in [2.75, 3.05) is 7.11 Å². The average Bonchev–Trinajstić information content (AvgIpc) is 2.54. The molecular weight excluding hydrogens is 296 g/mol. The van der Waals surface area contributed by atoms with E-state index in [4.69, 9.17) is 14.6 Å². The van der Waals surface area contributed by atoms with E-state index in [1.54, 1.807) is 12.1 Å². The fourth-order valence-electron chi connectivity index (χ4n) is 2.31. The molecule has 122 valence electrons. The largest absolute Gasteiger partial charge is 0.493 e. The zero-order valence-corrected chi connectivity index (χ0v) is 13.2. The molecule has 0 bridgehead atoms. The maximum atomic E-state index is 10.8. The van der Waals surface area contributed by atoms with Gasteiger partial charge in [-0.05, 0) is 29.7 Å². The standard InChI is InChI=1S/C18H20O5/c1-12-8-14(9-15(19)18(20)21)10-16(22-2)17(12)23-11-13-6-4-3-5-7-13/h3-8,10,15,19H,9,11H2,1-2H3,(H,20,21). The first-order chi connectivity index (χ1) is 11.0. The van der Waals surface area contributed by atoms with Gasteiger partial charge in [0.1, 0.15) is 6.61 Å². The maximum absolute atomic E-state index is 10.8. The molecule has 0 saturated carbocycles. The number of aliphatic hydroxyl groups excluding tert-OH is 1. The van der Waals surface area contributed by atoms with Gasteiger partial charge >= 0.3 is 5.97 Å². The van der Waals surface area contributed by atoms with Gasteiger partial charge in [0.25, 0.3) is 0 Å². The number of aliphatic hydroxyl groups is 1. The van der Waals surface area contributed by atoms with E-state index in [0.717, 1.165) is 11.1 Å². The lowest BCUT2D eigenvalue weighted by molar-refractivity contribution is -0.146. The molecule has 0 aromatic heterocycles. The summed E-state index contributed by atoms with van der Waals surface area (Å²) in [6.45, 7) is 2.27. The van der Waals surface area contributed by atoms with Crippen molar-refractivity contribution in [2.24, 2.45) is 0 Å².